The summed E-state index contributed by atoms with van der Waals surface area (Å²) in [6, 6.07) is 5.06. The van der Waals surface area contributed by atoms with E-state index in [0.29, 0.717) is 28.5 Å². The molecule has 1 saturated carbocycles. The van der Waals surface area contributed by atoms with Gasteiger partial charge in [-0.15, -0.1) is 11.3 Å². The van der Waals surface area contributed by atoms with E-state index >= 15 is 0 Å². The summed E-state index contributed by atoms with van der Waals surface area (Å²) in [6.07, 6.45) is 6.20. The van der Waals surface area contributed by atoms with Crippen LogP contribution < -0.4 is 20.5 Å². The summed E-state index contributed by atoms with van der Waals surface area (Å²) in [4.78, 5) is 34.1. The highest BCUT2D eigenvalue weighted by Crippen LogP contribution is 2.36. The molecule has 8 nitrogen and oxygen atoms in total. The Morgan fingerprint density at radius 1 is 1.10 bits per heavy atom. The van der Waals surface area contributed by atoms with Crippen LogP contribution in [-0.4, -0.2) is 36.0 Å². The Morgan fingerprint density at radius 3 is 2.45 bits per heavy atom. The average Bonchev–Trinajstić information content (AvgIpc) is 3.19. The third kappa shape index (κ3) is 4.22. The van der Waals surface area contributed by atoms with Gasteiger partial charge in [-0.05, 0) is 31.0 Å². The second kappa shape index (κ2) is 8.73. The van der Waals surface area contributed by atoms with Gasteiger partial charge in [0, 0.05) is 16.9 Å². The number of carbonyl (C=O) groups excluding carboxylic acids is 2. The van der Waals surface area contributed by atoms with E-state index in [1.165, 1.54) is 31.6 Å². The van der Waals surface area contributed by atoms with Crippen molar-refractivity contribution >= 4 is 28.8 Å². The lowest BCUT2D eigenvalue weighted by Gasteiger charge is -2.23. The Kier molecular flexibility index (Phi) is 5.85. The summed E-state index contributed by atoms with van der Waals surface area (Å²) < 4.78 is 10.6. The largest absolute Gasteiger partial charge is 0.493 e. The molecule has 4 rings (SSSR count). The first-order valence-electron chi connectivity index (χ1n) is 9.78. The summed E-state index contributed by atoms with van der Waals surface area (Å²) >= 11 is 1.46. The summed E-state index contributed by atoms with van der Waals surface area (Å²) in [7, 11) is 3.00. The van der Waals surface area contributed by atoms with Crippen LogP contribution in [0.3, 0.4) is 0 Å². The number of nitrogens with zero attached hydrogens (tertiary/aromatic N) is 2. The fourth-order valence-corrected chi connectivity index (χ4v) is 4.16. The Labute approximate surface area is 183 Å². The van der Waals surface area contributed by atoms with Gasteiger partial charge in [0.1, 0.15) is 0 Å². The number of aromatic nitrogens is 2. The van der Waals surface area contributed by atoms with Crippen molar-refractivity contribution in [2.24, 2.45) is 11.7 Å². The molecular weight excluding hydrogens is 416 g/mol. The number of carbonyl (C=O) groups is 2. The highest BCUT2D eigenvalue weighted by molar-refractivity contribution is 7.14. The fraction of sp³-hybridized carbons (Fsp3) is 0.273. The maximum Gasteiger partial charge on any atom is 0.249 e. The van der Waals surface area contributed by atoms with E-state index in [1.54, 1.807) is 18.5 Å². The lowest BCUT2D eigenvalue weighted by molar-refractivity contribution is -0.122. The molecule has 0 aliphatic heterocycles. The fourth-order valence-electron chi connectivity index (χ4n) is 3.36. The quantitative estimate of drug-likeness (QED) is 0.581. The first-order chi connectivity index (χ1) is 15.0. The van der Waals surface area contributed by atoms with E-state index in [1.807, 2.05) is 11.4 Å². The molecule has 1 aliphatic rings. The van der Waals surface area contributed by atoms with Gasteiger partial charge in [-0.1, -0.05) is 6.42 Å². The average molecular weight is 439 g/mol. The van der Waals surface area contributed by atoms with Crippen molar-refractivity contribution in [3.63, 3.8) is 0 Å². The monoisotopic (exact) mass is 438 g/mol. The van der Waals surface area contributed by atoms with Gasteiger partial charge in [0.2, 0.25) is 11.8 Å². The zero-order valence-electron chi connectivity index (χ0n) is 17.2. The van der Waals surface area contributed by atoms with Crippen molar-refractivity contribution in [2.45, 2.75) is 19.3 Å². The number of ether oxygens (including phenoxy) is 2. The number of amides is 2. The van der Waals surface area contributed by atoms with Crippen LogP contribution in [0.2, 0.25) is 0 Å². The highest BCUT2D eigenvalue weighted by Gasteiger charge is 2.25. The Bertz CT molecular complexity index is 1140. The molecule has 3 N–H and O–H groups in total. The van der Waals surface area contributed by atoms with Crippen LogP contribution in [0.1, 0.15) is 29.6 Å². The van der Waals surface area contributed by atoms with Gasteiger partial charge in [0.15, 0.2) is 11.5 Å². The van der Waals surface area contributed by atoms with Gasteiger partial charge in [-0.25, -0.2) is 4.98 Å². The molecule has 0 atom stereocenters. The summed E-state index contributed by atoms with van der Waals surface area (Å²) in [5.74, 6) is 0.414. The van der Waals surface area contributed by atoms with Gasteiger partial charge in [0.25, 0.3) is 0 Å². The molecule has 1 aromatic carbocycles. The van der Waals surface area contributed by atoms with Gasteiger partial charge >= 0.3 is 0 Å². The number of anilines is 1. The standard InChI is InChI=1S/C22H22N4O4S/c1-29-18-7-14(15(21(23)27)8-19(18)30-2)16-9-24-10-17(26-16)20-6-13(11-31-20)25-22(28)12-4-3-5-12/h6-12H,3-5H2,1-2H3,(H2,23,27)(H,25,28). The zero-order valence-corrected chi connectivity index (χ0v) is 18.0. The Hall–Kier alpha value is -3.46. The van der Waals surface area contributed by atoms with Crippen molar-refractivity contribution in [1.82, 2.24) is 9.97 Å². The first-order valence-corrected chi connectivity index (χ1v) is 10.7. The maximum atomic E-state index is 12.2. The van der Waals surface area contributed by atoms with Gasteiger partial charge in [-0.2, -0.15) is 0 Å². The van der Waals surface area contributed by atoms with Crippen LogP contribution in [0.15, 0.2) is 36.0 Å². The molecule has 3 aromatic rings. The molecule has 31 heavy (non-hydrogen) atoms. The van der Waals surface area contributed by atoms with Crippen LogP contribution in [0.5, 0.6) is 11.5 Å². The van der Waals surface area contributed by atoms with Crippen molar-refractivity contribution in [1.29, 1.82) is 0 Å². The number of nitrogens with two attached hydrogens (primary N) is 1. The van der Waals surface area contributed by atoms with Crippen molar-refractivity contribution < 1.29 is 19.1 Å². The smallest absolute Gasteiger partial charge is 0.249 e. The third-order valence-electron chi connectivity index (χ3n) is 5.30. The predicted molar refractivity (Wildman–Crippen MR) is 118 cm³/mol. The number of benzene rings is 1. The SMILES string of the molecule is COc1cc(C(N)=O)c(-c2cncc(-c3cc(NC(=O)C4CCC4)cs3)n2)cc1OC. The third-order valence-corrected chi connectivity index (χ3v) is 6.25. The summed E-state index contributed by atoms with van der Waals surface area (Å²) in [5.41, 5.74) is 8.17. The van der Waals surface area contributed by atoms with Crippen LogP contribution >= 0.6 is 11.3 Å². The maximum absolute atomic E-state index is 12.2. The zero-order chi connectivity index (χ0) is 22.0. The summed E-state index contributed by atoms with van der Waals surface area (Å²) in [6.45, 7) is 0. The molecule has 9 heteroatoms. The lowest BCUT2D eigenvalue weighted by Crippen LogP contribution is -2.27. The van der Waals surface area contributed by atoms with Gasteiger partial charge in [-0.3, -0.25) is 14.6 Å². The number of primary amides is 1. The Balaban J connectivity index is 1.66. The van der Waals surface area contributed by atoms with Crippen LogP contribution in [0.25, 0.3) is 21.8 Å². The van der Waals surface area contributed by atoms with Crippen molar-refractivity contribution in [2.75, 3.05) is 19.5 Å². The molecule has 1 aliphatic carbocycles. The summed E-state index contributed by atoms with van der Waals surface area (Å²) in [5, 5.41) is 4.84. The highest BCUT2D eigenvalue weighted by atomic mass is 32.1. The Morgan fingerprint density at radius 2 is 1.81 bits per heavy atom. The minimum Gasteiger partial charge on any atom is -0.493 e. The van der Waals surface area contributed by atoms with E-state index < -0.39 is 5.91 Å². The second-order valence-electron chi connectivity index (χ2n) is 7.22. The van der Waals surface area contributed by atoms with E-state index in [4.69, 9.17) is 15.2 Å². The number of hydrogen-bond donors (Lipinski definition) is 2. The number of nitrogens with one attached hydrogen (secondary N) is 1. The molecule has 0 saturated heterocycles. The molecule has 0 radical (unpaired) electrons. The molecule has 2 amide bonds. The van der Waals surface area contributed by atoms with Crippen molar-refractivity contribution in [3.05, 3.63) is 41.5 Å². The number of rotatable bonds is 7. The van der Waals surface area contributed by atoms with Crippen LogP contribution in [0.4, 0.5) is 5.69 Å². The number of methoxy groups -OCH3 is 2. The number of hydrogen-bond acceptors (Lipinski definition) is 7. The van der Waals surface area contributed by atoms with E-state index in [0.717, 1.165) is 29.8 Å². The van der Waals surface area contributed by atoms with E-state index in [2.05, 4.69) is 15.3 Å². The van der Waals surface area contributed by atoms with Gasteiger partial charge < -0.3 is 20.5 Å². The minimum atomic E-state index is -0.611. The topological polar surface area (TPSA) is 116 Å². The van der Waals surface area contributed by atoms with E-state index in [9.17, 15) is 9.59 Å². The molecule has 2 aromatic heterocycles. The predicted octanol–water partition coefficient (Wildman–Crippen LogP) is 3.73. The second-order valence-corrected chi connectivity index (χ2v) is 8.13. The molecule has 160 valence electrons. The molecule has 1 fully saturated rings. The number of thiophene rings is 1. The molecule has 2 heterocycles. The minimum absolute atomic E-state index is 0.0619. The molecule has 0 bridgehead atoms. The molecular formula is C22H22N4O4S. The molecule has 0 spiro atoms. The normalized spacial score (nSPS) is 13.4. The first kappa shape index (κ1) is 20.8. The molecule has 0 unspecified atom stereocenters. The van der Waals surface area contributed by atoms with Crippen LogP contribution in [0, 0.1) is 5.92 Å². The van der Waals surface area contributed by atoms with Gasteiger partial charge in [0.05, 0.1) is 54.1 Å². The van der Waals surface area contributed by atoms with E-state index in [-0.39, 0.29) is 17.4 Å². The van der Waals surface area contributed by atoms with Crippen LogP contribution in [-0.2, 0) is 4.79 Å². The van der Waals surface area contributed by atoms with Crippen molar-refractivity contribution in [3.8, 4) is 33.3 Å². The lowest BCUT2D eigenvalue weighted by atomic mass is 9.85.